The van der Waals surface area contributed by atoms with Gasteiger partial charge in [0.1, 0.15) is 0 Å². The molecule has 1 aliphatic carbocycles. The third-order valence-electron chi connectivity index (χ3n) is 3.41. The molecule has 1 fully saturated rings. The molecule has 1 saturated carbocycles. The first kappa shape index (κ1) is 13.5. The number of unbranched alkanes of at least 4 members (excludes halogenated alkanes) is 2. The van der Waals surface area contributed by atoms with Crippen LogP contribution in [0.1, 0.15) is 57.8 Å². The molecule has 0 aromatic carbocycles. The van der Waals surface area contributed by atoms with Gasteiger partial charge >= 0.3 is 0 Å². The smallest absolute Gasteiger partial charge is 0.220 e. The fourth-order valence-corrected chi connectivity index (χ4v) is 2.36. The summed E-state index contributed by atoms with van der Waals surface area (Å²) in [4.78, 5) is 11.5. The van der Waals surface area contributed by atoms with Gasteiger partial charge in [-0.2, -0.15) is 0 Å². The molecule has 0 unspecified atom stereocenters. The van der Waals surface area contributed by atoms with E-state index >= 15 is 0 Å². The number of carbonyl (C=O) groups is 1. The Morgan fingerprint density at radius 1 is 1.19 bits per heavy atom. The Kier molecular flexibility index (Phi) is 7.23. The van der Waals surface area contributed by atoms with E-state index in [-0.39, 0.29) is 12.5 Å². The molecule has 0 aromatic rings. The van der Waals surface area contributed by atoms with Gasteiger partial charge in [0.05, 0.1) is 0 Å². The van der Waals surface area contributed by atoms with Gasteiger partial charge in [-0.05, 0) is 31.6 Å². The molecule has 3 heteroatoms. The average Bonchev–Trinajstić information content (AvgIpc) is 2.79. The molecule has 3 nitrogen and oxygen atoms in total. The monoisotopic (exact) mass is 227 g/mol. The minimum absolute atomic E-state index is 0.205. The van der Waals surface area contributed by atoms with Gasteiger partial charge in [0.15, 0.2) is 0 Å². The molecule has 1 amide bonds. The molecule has 1 rings (SSSR count). The topological polar surface area (TPSA) is 49.3 Å². The van der Waals surface area contributed by atoms with E-state index in [0.717, 1.165) is 38.1 Å². The summed E-state index contributed by atoms with van der Waals surface area (Å²) in [6.07, 6.45) is 9.95. The Morgan fingerprint density at radius 2 is 1.94 bits per heavy atom. The zero-order valence-corrected chi connectivity index (χ0v) is 10.2. The predicted molar refractivity (Wildman–Crippen MR) is 65.1 cm³/mol. The second-order valence-corrected chi connectivity index (χ2v) is 4.82. The summed E-state index contributed by atoms with van der Waals surface area (Å²) < 4.78 is 0. The summed E-state index contributed by atoms with van der Waals surface area (Å²) in [6, 6.07) is 0. The number of aliphatic hydroxyl groups is 1. The molecule has 16 heavy (non-hydrogen) atoms. The van der Waals surface area contributed by atoms with Crippen molar-refractivity contribution in [1.82, 2.24) is 5.32 Å². The van der Waals surface area contributed by atoms with Crippen molar-refractivity contribution >= 4 is 5.91 Å². The van der Waals surface area contributed by atoms with E-state index in [1.54, 1.807) is 0 Å². The SMILES string of the molecule is O=C(CCC1CCCC1)NCCCCCO. The summed E-state index contributed by atoms with van der Waals surface area (Å²) in [5, 5.41) is 11.5. The normalized spacial score (nSPS) is 16.6. The Balaban J connectivity index is 1.90. The lowest BCUT2D eigenvalue weighted by Crippen LogP contribution is -2.24. The molecule has 0 aromatic heterocycles. The zero-order chi connectivity index (χ0) is 11.6. The van der Waals surface area contributed by atoms with Crippen LogP contribution in [0.3, 0.4) is 0 Å². The van der Waals surface area contributed by atoms with Crippen LogP contribution >= 0.6 is 0 Å². The summed E-state index contributed by atoms with van der Waals surface area (Å²) in [7, 11) is 0. The first-order valence-electron chi connectivity index (χ1n) is 6.70. The highest BCUT2D eigenvalue weighted by atomic mass is 16.2. The molecule has 0 radical (unpaired) electrons. The minimum atomic E-state index is 0.205. The summed E-state index contributed by atoms with van der Waals surface area (Å²) in [5.74, 6) is 1.01. The van der Waals surface area contributed by atoms with Crippen molar-refractivity contribution in [2.75, 3.05) is 13.2 Å². The number of nitrogens with one attached hydrogen (secondary N) is 1. The van der Waals surface area contributed by atoms with E-state index in [1.165, 1.54) is 25.7 Å². The largest absolute Gasteiger partial charge is 0.396 e. The molecule has 0 bridgehead atoms. The van der Waals surface area contributed by atoms with E-state index in [4.69, 9.17) is 5.11 Å². The van der Waals surface area contributed by atoms with E-state index in [2.05, 4.69) is 5.32 Å². The molecule has 0 aliphatic heterocycles. The van der Waals surface area contributed by atoms with Crippen molar-refractivity contribution < 1.29 is 9.90 Å². The fourth-order valence-electron chi connectivity index (χ4n) is 2.36. The highest BCUT2D eigenvalue weighted by Gasteiger charge is 2.15. The van der Waals surface area contributed by atoms with Crippen molar-refractivity contribution in [3.63, 3.8) is 0 Å². The Labute approximate surface area is 98.6 Å². The van der Waals surface area contributed by atoms with Gasteiger partial charge in [-0.25, -0.2) is 0 Å². The lowest BCUT2D eigenvalue weighted by Gasteiger charge is -2.08. The second-order valence-electron chi connectivity index (χ2n) is 4.82. The van der Waals surface area contributed by atoms with Gasteiger partial charge in [0, 0.05) is 19.6 Å². The Hall–Kier alpha value is -0.570. The van der Waals surface area contributed by atoms with E-state index in [1.807, 2.05) is 0 Å². The molecule has 0 atom stereocenters. The predicted octanol–water partition coefficient (Wildman–Crippen LogP) is 2.24. The molecule has 1 aliphatic rings. The van der Waals surface area contributed by atoms with Crippen molar-refractivity contribution in [3.8, 4) is 0 Å². The molecular formula is C13H25NO2. The first-order valence-corrected chi connectivity index (χ1v) is 6.70. The molecular weight excluding hydrogens is 202 g/mol. The zero-order valence-electron chi connectivity index (χ0n) is 10.2. The Bertz CT molecular complexity index is 188. The van der Waals surface area contributed by atoms with Gasteiger partial charge in [-0.1, -0.05) is 25.7 Å². The summed E-state index contributed by atoms with van der Waals surface area (Å²) >= 11 is 0. The third-order valence-corrected chi connectivity index (χ3v) is 3.41. The maximum absolute atomic E-state index is 11.5. The standard InChI is InChI=1S/C13H25NO2/c15-11-5-1-4-10-14-13(16)9-8-12-6-2-3-7-12/h12,15H,1-11H2,(H,14,16). The lowest BCUT2D eigenvalue weighted by molar-refractivity contribution is -0.121. The van der Waals surface area contributed by atoms with Crippen LogP contribution in [0.25, 0.3) is 0 Å². The van der Waals surface area contributed by atoms with Crippen molar-refractivity contribution in [2.24, 2.45) is 5.92 Å². The van der Waals surface area contributed by atoms with Crippen LogP contribution < -0.4 is 5.32 Å². The van der Waals surface area contributed by atoms with Crippen LogP contribution in [0, 0.1) is 5.92 Å². The molecule has 0 heterocycles. The number of amides is 1. The number of aliphatic hydroxyl groups excluding tert-OH is 1. The number of hydrogen-bond donors (Lipinski definition) is 2. The van der Waals surface area contributed by atoms with E-state index in [9.17, 15) is 4.79 Å². The molecule has 0 spiro atoms. The van der Waals surface area contributed by atoms with Gasteiger partial charge < -0.3 is 10.4 Å². The number of rotatable bonds is 8. The average molecular weight is 227 g/mol. The van der Waals surface area contributed by atoms with Crippen molar-refractivity contribution in [2.45, 2.75) is 57.8 Å². The van der Waals surface area contributed by atoms with Gasteiger partial charge in [-0.15, -0.1) is 0 Å². The first-order chi connectivity index (χ1) is 7.83. The van der Waals surface area contributed by atoms with Crippen LogP contribution in [0.2, 0.25) is 0 Å². The van der Waals surface area contributed by atoms with Gasteiger partial charge in [-0.3, -0.25) is 4.79 Å². The lowest BCUT2D eigenvalue weighted by atomic mass is 10.0. The maximum atomic E-state index is 11.5. The molecule has 0 saturated heterocycles. The van der Waals surface area contributed by atoms with Crippen LogP contribution in [0.4, 0.5) is 0 Å². The molecule has 2 N–H and O–H groups in total. The van der Waals surface area contributed by atoms with Crippen LogP contribution in [-0.2, 0) is 4.79 Å². The van der Waals surface area contributed by atoms with Crippen LogP contribution in [0.5, 0.6) is 0 Å². The van der Waals surface area contributed by atoms with Crippen molar-refractivity contribution in [3.05, 3.63) is 0 Å². The van der Waals surface area contributed by atoms with Crippen molar-refractivity contribution in [1.29, 1.82) is 0 Å². The highest BCUT2D eigenvalue weighted by Crippen LogP contribution is 2.28. The highest BCUT2D eigenvalue weighted by molar-refractivity contribution is 5.75. The van der Waals surface area contributed by atoms with E-state index < -0.39 is 0 Å². The fraction of sp³-hybridized carbons (Fsp3) is 0.923. The quantitative estimate of drug-likeness (QED) is 0.625. The molecule has 94 valence electrons. The number of hydrogen-bond acceptors (Lipinski definition) is 2. The second kappa shape index (κ2) is 8.57. The minimum Gasteiger partial charge on any atom is -0.396 e. The summed E-state index contributed by atoms with van der Waals surface area (Å²) in [6.45, 7) is 1.03. The van der Waals surface area contributed by atoms with Crippen LogP contribution in [-0.4, -0.2) is 24.2 Å². The van der Waals surface area contributed by atoms with Gasteiger partial charge in [0.2, 0.25) is 5.91 Å². The van der Waals surface area contributed by atoms with Gasteiger partial charge in [0.25, 0.3) is 0 Å². The summed E-state index contributed by atoms with van der Waals surface area (Å²) in [5.41, 5.74) is 0. The van der Waals surface area contributed by atoms with E-state index in [0.29, 0.717) is 6.42 Å². The number of carbonyl (C=O) groups excluding carboxylic acids is 1. The Morgan fingerprint density at radius 3 is 2.62 bits per heavy atom. The third kappa shape index (κ3) is 6.11. The van der Waals surface area contributed by atoms with Crippen LogP contribution in [0.15, 0.2) is 0 Å². The maximum Gasteiger partial charge on any atom is 0.220 e.